The fraction of sp³-hybridized carbons (Fsp3) is 0.529. The maximum Gasteiger partial charge on any atom is 4.00 e. The van der Waals surface area contributed by atoms with Crippen molar-refractivity contribution in [2.45, 2.75) is 54.9 Å². The first-order valence-corrected chi connectivity index (χ1v) is 6.30. The molecule has 0 radical (unpaired) electrons. The molecule has 0 aliphatic heterocycles. The summed E-state index contributed by atoms with van der Waals surface area (Å²) in [5, 5.41) is 0. The molecule has 0 unspecified atom stereocenters. The second kappa shape index (κ2) is 10.2. The van der Waals surface area contributed by atoms with Crippen molar-refractivity contribution >= 4 is 0 Å². The molecule has 0 aromatic carbocycles. The summed E-state index contributed by atoms with van der Waals surface area (Å²) in [5.41, 5.74) is 7.04. The topological polar surface area (TPSA) is 0 Å². The smallest absolute Gasteiger partial charge is 1.00 e. The van der Waals surface area contributed by atoms with Crippen LogP contribution in [0.5, 0.6) is 0 Å². The molecule has 0 spiro atoms. The van der Waals surface area contributed by atoms with Crippen molar-refractivity contribution in [1.82, 2.24) is 0 Å². The zero-order valence-electron chi connectivity index (χ0n) is 13.5. The van der Waals surface area contributed by atoms with Gasteiger partial charge in [-0.3, -0.25) is 12.2 Å². The third-order valence-electron chi connectivity index (χ3n) is 3.69. The molecule has 0 aromatic heterocycles. The summed E-state index contributed by atoms with van der Waals surface area (Å²) >= 11 is 0. The first kappa shape index (κ1) is 25.4. The number of rotatable bonds is 0. The molecule has 0 aromatic rings. The van der Waals surface area contributed by atoms with Crippen LogP contribution in [0.3, 0.4) is 0 Å². The summed E-state index contributed by atoms with van der Waals surface area (Å²) in [6.45, 7) is 15.1. The standard InChI is InChI=1S/C10H15.C7H9.2ClH.Zr/c1-7-6-10(4,5)9(3)8(7)2;1-6-3-4-7(2)5-6;;;/h1-5H3;3H,4H2,1-2H3;2*1H;/q2*-1;;;+4/p-2. The molecule has 0 atom stereocenters. The molecule has 0 nitrogen and oxygen atoms in total. The summed E-state index contributed by atoms with van der Waals surface area (Å²) in [5.74, 6) is 0. The van der Waals surface area contributed by atoms with Gasteiger partial charge in [0.1, 0.15) is 0 Å². The van der Waals surface area contributed by atoms with Crippen LogP contribution in [0.15, 0.2) is 33.9 Å². The number of hydrogen-bond donors (Lipinski definition) is 0. The Morgan fingerprint density at radius 1 is 1.00 bits per heavy atom. The predicted molar refractivity (Wildman–Crippen MR) is 75.4 cm³/mol. The SMILES string of the molecule is CC1=[C-]C(C)(C)C(C)=C1C.CC1=[C-]C(C)=CC1.[Cl-].[Cl-].[Zr+4]. The first-order chi connectivity index (χ1) is 7.74. The fourth-order valence-electron chi connectivity index (χ4n) is 2.15. The number of allylic oxidation sites excluding steroid dienone is 8. The van der Waals surface area contributed by atoms with Gasteiger partial charge in [-0.05, 0) is 0 Å². The van der Waals surface area contributed by atoms with Crippen LogP contribution in [0, 0.1) is 17.6 Å². The van der Waals surface area contributed by atoms with E-state index in [-0.39, 0.29) is 56.4 Å². The van der Waals surface area contributed by atoms with Gasteiger partial charge in [0.15, 0.2) is 0 Å². The largest absolute Gasteiger partial charge is 4.00 e. The molecule has 0 saturated carbocycles. The molecule has 2 aliphatic carbocycles. The van der Waals surface area contributed by atoms with Crippen molar-refractivity contribution in [2.75, 3.05) is 0 Å². The van der Waals surface area contributed by atoms with E-state index in [2.05, 4.69) is 66.7 Å². The Morgan fingerprint density at radius 3 is 1.60 bits per heavy atom. The normalized spacial score (nSPS) is 18.4. The molecule has 0 fully saturated rings. The van der Waals surface area contributed by atoms with Gasteiger partial charge in [0.25, 0.3) is 0 Å². The van der Waals surface area contributed by atoms with Crippen molar-refractivity contribution in [2.24, 2.45) is 5.41 Å². The van der Waals surface area contributed by atoms with Gasteiger partial charge >= 0.3 is 26.2 Å². The van der Waals surface area contributed by atoms with Crippen LogP contribution in [0.4, 0.5) is 0 Å². The monoisotopic (exact) mass is 388 g/mol. The van der Waals surface area contributed by atoms with Crippen LogP contribution in [-0.4, -0.2) is 0 Å². The number of halogens is 2. The molecule has 2 rings (SSSR count). The van der Waals surface area contributed by atoms with Gasteiger partial charge in [-0.25, -0.2) is 17.2 Å². The molecule has 0 saturated heterocycles. The van der Waals surface area contributed by atoms with Gasteiger partial charge in [0.05, 0.1) is 0 Å². The van der Waals surface area contributed by atoms with Crippen molar-refractivity contribution in [3.63, 3.8) is 0 Å². The van der Waals surface area contributed by atoms with Crippen LogP contribution >= 0.6 is 0 Å². The Balaban J connectivity index is -0.000000262. The van der Waals surface area contributed by atoms with E-state index >= 15 is 0 Å². The van der Waals surface area contributed by atoms with Crippen LogP contribution < -0.4 is 24.8 Å². The quantitative estimate of drug-likeness (QED) is 0.476. The van der Waals surface area contributed by atoms with Crippen molar-refractivity contribution in [1.29, 1.82) is 0 Å². The second-order valence-electron chi connectivity index (χ2n) is 5.62. The molecule has 0 N–H and O–H groups in total. The first-order valence-electron chi connectivity index (χ1n) is 6.30. The Labute approximate surface area is 156 Å². The van der Waals surface area contributed by atoms with Gasteiger partial charge in [-0.15, -0.1) is 6.92 Å². The van der Waals surface area contributed by atoms with Gasteiger partial charge < -0.3 is 24.8 Å². The van der Waals surface area contributed by atoms with Crippen molar-refractivity contribution < 1.29 is 51.0 Å². The van der Waals surface area contributed by atoms with Crippen LogP contribution in [0.1, 0.15) is 54.9 Å². The average molecular weight is 391 g/mol. The second-order valence-corrected chi connectivity index (χ2v) is 5.62. The van der Waals surface area contributed by atoms with Crippen molar-refractivity contribution in [3.8, 4) is 0 Å². The molecule has 2 aliphatic rings. The summed E-state index contributed by atoms with van der Waals surface area (Å²) < 4.78 is 0. The van der Waals surface area contributed by atoms with Crippen LogP contribution in [0.2, 0.25) is 0 Å². The minimum absolute atomic E-state index is 0. The van der Waals surface area contributed by atoms with Gasteiger partial charge in [0.2, 0.25) is 0 Å². The molecule has 0 amide bonds. The zero-order chi connectivity index (χ0) is 13.2. The molecule has 0 bridgehead atoms. The van der Waals surface area contributed by atoms with Crippen molar-refractivity contribution in [3.05, 3.63) is 46.1 Å². The third-order valence-corrected chi connectivity index (χ3v) is 3.69. The van der Waals surface area contributed by atoms with Crippen LogP contribution in [-0.2, 0) is 26.2 Å². The maximum absolute atomic E-state index is 3.44. The minimum atomic E-state index is 0. The molecular formula is C17H24Cl2Zr. The summed E-state index contributed by atoms with van der Waals surface area (Å²) in [6.07, 6.45) is 9.94. The average Bonchev–Trinajstić information content (AvgIpc) is 2.66. The summed E-state index contributed by atoms with van der Waals surface area (Å²) in [6, 6.07) is 0. The van der Waals surface area contributed by atoms with Crippen LogP contribution in [0.25, 0.3) is 0 Å². The molecular weight excluding hydrogens is 366 g/mol. The summed E-state index contributed by atoms with van der Waals surface area (Å²) in [4.78, 5) is 0. The Kier molecular flexibility index (Phi) is 12.9. The van der Waals surface area contributed by atoms with E-state index in [1.165, 1.54) is 27.9 Å². The van der Waals surface area contributed by atoms with E-state index in [9.17, 15) is 0 Å². The minimum Gasteiger partial charge on any atom is -1.00 e. The van der Waals surface area contributed by atoms with E-state index in [0.717, 1.165) is 6.42 Å². The van der Waals surface area contributed by atoms with E-state index in [1.54, 1.807) is 0 Å². The molecule has 20 heavy (non-hydrogen) atoms. The maximum atomic E-state index is 3.44. The third kappa shape index (κ3) is 6.92. The molecule has 3 heteroatoms. The molecule has 110 valence electrons. The zero-order valence-corrected chi connectivity index (χ0v) is 17.5. The van der Waals surface area contributed by atoms with Gasteiger partial charge in [-0.1, -0.05) is 53.4 Å². The Bertz CT molecular complexity index is 438. The van der Waals surface area contributed by atoms with E-state index in [0.29, 0.717) is 0 Å². The van der Waals surface area contributed by atoms with E-state index in [4.69, 9.17) is 0 Å². The van der Waals surface area contributed by atoms with E-state index in [1.807, 2.05) is 0 Å². The van der Waals surface area contributed by atoms with E-state index < -0.39 is 0 Å². The van der Waals surface area contributed by atoms with Gasteiger partial charge in [-0.2, -0.15) is 16.7 Å². The Morgan fingerprint density at radius 2 is 1.50 bits per heavy atom. The number of hydrogen-bond acceptors (Lipinski definition) is 0. The fourth-order valence-corrected chi connectivity index (χ4v) is 2.15. The Hall–Kier alpha value is 0.423. The molecule has 0 heterocycles. The van der Waals surface area contributed by atoms with Gasteiger partial charge in [0, 0.05) is 0 Å². The summed E-state index contributed by atoms with van der Waals surface area (Å²) in [7, 11) is 0. The predicted octanol–water partition coefficient (Wildman–Crippen LogP) is -0.797.